The average molecular weight is 279 g/mol. The summed E-state index contributed by atoms with van der Waals surface area (Å²) in [4.78, 5) is 0. The lowest BCUT2D eigenvalue weighted by Crippen LogP contribution is -2.10. The molecule has 0 saturated carbocycles. The van der Waals surface area contributed by atoms with E-state index in [1.165, 1.54) is 38.5 Å². The Labute approximate surface area is 123 Å². The first-order valence-electron chi connectivity index (χ1n) is 7.69. The van der Waals surface area contributed by atoms with Crippen LogP contribution in [0.1, 0.15) is 63.5 Å². The molecule has 0 radical (unpaired) electrons. The first kappa shape index (κ1) is 16.8. The highest BCUT2D eigenvalue weighted by molar-refractivity contribution is 5.39. The van der Waals surface area contributed by atoms with Crippen molar-refractivity contribution in [3.05, 3.63) is 23.8 Å². The van der Waals surface area contributed by atoms with E-state index in [0.717, 1.165) is 23.5 Å². The highest BCUT2D eigenvalue weighted by Crippen LogP contribution is 2.27. The molecular weight excluding hydrogens is 250 g/mol. The van der Waals surface area contributed by atoms with Crippen LogP contribution in [-0.4, -0.2) is 14.2 Å². The van der Waals surface area contributed by atoms with Gasteiger partial charge in [0, 0.05) is 12.1 Å². The van der Waals surface area contributed by atoms with Crippen LogP contribution in [0, 0.1) is 0 Å². The second-order valence-corrected chi connectivity index (χ2v) is 5.31. The molecule has 0 aliphatic heterocycles. The van der Waals surface area contributed by atoms with E-state index in [0.29, 0.717) is 0 Å². The summed E-state index contributed by atoms with van der Waals surface area (Å²) in [6.45, 7) is 2.24. The van der Waals surface area contributed by atoms with Gasteiger partial charge in [0.15, 0.2) is 0 Å². The molecule has 1 aromatic rings. The molecule has 1 unspecified atom stereocenters. The van der Waals surface area contributed by atoms with E-state index in [4.69, 9.17) is 15.2 Å². The predicted octanol–water partition coefficient (Wildman–Crippen LogP) is 4.45. The smallest absolute Gasteiger partial charge is 0.122 e. The molecule has 0 spiro atoms. The van der Waals surface area contributed by atoms with Gasteiger partial charge in [0.25, 0.3) is 0 Å². The van der Waals surface area contributed by atoms with Crippen molar-refractivity contribution in [1.29, 1.82) is 0 Å². The van der Waals surface area contributed by atoms with E-state index in [2.05, 4.69) is 6.92 Å². The molecule has 114 valence electrons. The van der Waals surface area contributed by atoms with Crippen LogP contribution in [-0.2, 0) is 0 Å². The molecule has 1 atom stereocenters. The number of benzene rings is 1. The third-order valence-electron chi connectivity index (χ3n) is 3.67. The zero-order valence-corrected chi connectivity index (χ0v) is 13.2. The number of hydrogen-bond acceptors (Lipinski definition) is 3. The highest BCUT2D eigenvalue weighted by atomic mass is 16.5. The van der Waals surface area contributed by atoms with Gasteiger partial charge in [0.2, 0.25) is 0 Å². The van der Waals surface area contributed by atoms with Gasteiger partial charge in [-0.05, 0) is 24.1 Å². The summed E-state index contributed by atoms with van der Waals surface area (Å²) in [7, 11) is 3.33. The van der Waals surface area contributed by atoms with Crippen molar-refractivity contribution in [3.63, 3.8) is 0 Å². The number of nitrogens with two attached hydrogens (primary N) is 1. The number of ether oxygens (including phenoxy) is 2. The third-order valence-corrected chi connectivity index (χ3v) is 3.67. The second-order valence-electron chi connectivity index (χ2n) is 5.31. The number of rotatable bonds is 10. The summed E-state index contributed by atoms with van der Waals surface area (Å²) in [5.41, 5.74) is 7.36. The molecule has 20 heavy (non-hydrogen) atoms. The number of methoxy groups -OCH3 is 2. The Balaban J connectivity index is 2.44. The Morgan fingerprint density at radius 1 is 0.900 bits per heavy atom. The van der Waals surface area contributed by atoms with Gasteiger partial charge in [-0.25, -0.2) is 0 Å². The van der Waals surface area contributed by atoms with Crippen molar-refractivity contribution >= 4 is 0 Å². The lowest BCUT2D eigenvalue weighted by molar-refractivity contribution is 0.392. The Bertz CT molecular complexity index is 357. The van der Waals surface area contributed by atoms with Crippen molar-refractivity contribution in [2.75, 3.05) is 14.2 Å². The van der Waals surface area contributed by atoms with E-state index in [9.17, 15) is 0 Å². The Hall–Kier alpha value is -1.22. The largest absolute Gasteiger partial charge is 0.497 e. The van der Waals surface area contributed by atoms with Crippen molar-refractivity contribution < 1.29 is 9.47 Å². The van der Waals surface area contributed by atoms with Crippen molar-refractivity contribution in [1.82, 2.24) is 0 Å². The minimum Gasteiger partial charge on any atom is -0.497 e. The zero-order valence-electron chi connectivity index (χ0n) is 13.2. The summed E-state index contributed by atoms with van der Waals surface area (Å²) >= 11 is 0. The Kier molecular flexibility index (Phi) is 8.12. The maximum absolute atomic E-state index is 6.27. The van der Waals surface area contributed by atoms with E-state index < -0.39 is 0 Å². The molecule has 1 aromatic carbocycles. The molecule has 0 saturated heterocycles. The summed E-state index contributed by atoms with van der Waals surface area (Å²) in [5.74, 6) is 1.61. The Morgan fingerprint density at radius 2 is 1.45 bits per heavy atom. The van der Waals surface area contributed by atoms with Gasteiger partial charge in [0.1, 0.15) is 11.5 Å². The molecule has 3 nitrogen and oxygen atoms in total. The van der Waals surface area contributed by atoms with E-state index >= 15 is 0 Å². The fourth-order valence-electron chi connectivity index (χ4n) is 2.35. The monoisotopic (exact) mass is 279 g/mol. The SMILES string of the molecule is CCCCCCCCC(N)c1cc(OC)cc(OC)c1. The minimum absolute atomic E-state index is 0.0603. The number of unbranched alkanes of at least 4 members (excludes halogenated alkanes) is 5. The van der Waals surface area contributed by atoms with Gasteiger partial charge in [-0.2, -0.15) is 0 Å². The highest BCUT2D eigenvalue weighted by Gasteiger charge is 2.09. The second kappa shape index (κ2) is 9.65. The van der Waals surface area contributed by atoms with Gasteiger partial charge in [-0.15, -0.1) is 0 Å². The van der Waals surface area contributed by atoms with Crippen LogP contribution in [0.5, 0.6) is 11.5 Å². The van der Waals surface area contributed by atoms with Crippen LogP contribution in [0.2, 0.25) is 0 Å². The van der Waals surface area contributed by atoms with Crippen LogP contribution >= 0.6 is 0 Å². The molecule has 0 heterocycles. The molecule has 0 amide bonds. The van der Waals surface area contributed by atoms with Crippen LogP contribution in [0.15, 0.2) is 18.2 Å². The standard InChI is InChI=1S/C17H29NO2/c1-4-5-6-7-8-9-10-17(18)14-11-15(19-2)13-16(12-14)20-3/h11-13,17H,4-10,18H2,1-3H3. The van der Waals surface area contributed by atoms with Gasteiger partial charge < -0.3 is 15.2 Å². The molecule has 2 N–H and O–H groups in total. The summed E-state index contributed by atoms with van der Waals surface area (Å²) in [6, 6.07) is 5.94. The molecule has 3 heteroatoms. The van der Waals surface area contributed by atoms with Gasteiger partial charge in [-0.3, -0.25) is 0 Å². The normalized spacial score (nSPS) is 12.2. The quantitative estimate of drug-likeness (QED) is 0.643. The van der Waals surface area contributed by atoms with Crippen LogP contribution in [0.25, 0.3) is 0 Å². The fraction of sp³-hybridized carbons (Fsp3) is 0.647. The molecular formula is C17H29NO2. The molecule has 0 fully saturated rings. The molecule has 0 aromatic heterocycles. The van der Waals surface area contributed by atoms with Crippen molar-refractivity contribution in [2.45, 2.75) is 57.9 Å². The van der Waals surface area contributed by atoms with E-state index in [-0.39, 0.29) is 6.04 Å². The van der Waals surface area contributed by atoms with Gasteiger partial charge in [0.05, 0.1) is 14.2 Å². The van der Waals surface area contributed by atoms with Crippen molar-refractivity contribution in [2.24, 2.45) is 5.73 Å². The van der Waals surface area contributed by atoms with Gasteiger partial charge >= 0.3 is 0 Å². The lowest BCUT2D eigenvalue weighted by Gasteiger charge is -2.14. The van der Waals surface area contributed by atoms with Crippen LogP contribution in [0.4, 0.5) is 0 Å². The Morgan fingerprint density at radius 3 is 2.00 bits per heavy atom. The van der Waals surface area contributed by atoms with E-state index in [1.54, 1.807) is 14.2 Å². The summed E-state index contributed by atoms with van der Waals surface area (Å²) < 4.78 is 10.6. The molecule has 0 bridgehead atoms. The topological polar surface area (TPSA) is 44.5 Å². The number of hydrogen-bond donors (Lipinski definition) is 1. The molecule has 1 rings (SSSR count). The van der Waals surface area contributed by atoms with E-state index in [1.807, 2.05) is 18.2 Å². The third kappa shape index (κ3) is 5.83. The molecule has 0 aliphatic rings. The fourth-order valence-corrected chi connectivity index (χ4v) is 2.35. The average Bonchev–Trinajstić information content (AvgIpc) is 2.49. The van der Waals surface area contributed by atoms with Gasteiger partial charge in [-0.1, -0.05) is 45.4 Å². The van der Waals surface area contributed by atoms with Crippen LogP contribution < -0.4 is 15.2 Å². The minimum atomic E-state index is 0.0603. The maximum Gasteiger partial charge on any atom is 0.122 e. The van der Waals surface area contributed by atoms with Crippen molar-refractivity contribution in [3.8, 4) is 11.5 Å². The zero-order chi connectivity index (χ0) is 14.8. The lowest BCUT2D eigenvalue weighted by atomic mass is 10.00. The predicted molar refractivity (Wildman–Crippen MR) is 84.5 cm³/mol. The summed E-state index contributed by atoms with van der Waals surface area (Å²) in [5, 5.41) is 0. The first-order chi connectivity index (χ1) is 9.71. The molecule has 0 aliphatic carbocycles. The van der Waals surface area contributed by atoms with Crippen LogP contribution in [0.3, 0.4) is 0 Å². The first-order valence-corrected chi connectivity index (χ1v) is 7.69. The maximum atomic E-state index is 6.27. The summed E-state index contributed by atoms with van der Waals surface area (Å²) in [6.07, 6.45) is 8.78.